The molecule has 0 radical (unpaired) electrons. The van der Waals surface area contributed by atoms with Crippen molar-refractivity contribution in [2.45, 2.75) is 13.0 Å². The quantitative estimate of drug-likeness (QED) is 0.851. The van der Waals surface area contributed by atoms with E-state index in [4.69, 9.17) is 27.9 Å². The highest BCUT2D eigenvalue weighted by Gasteiger charge is 2.19. The van der Waals surface area contributed by atoms with Crippen LogP contribution >= 0.6 is 23.2 Å². The molecule has 0 saturated carbocycles. The molecule has 1 atom stereocenters. The topological polar surface area (TPSA) is 55.4 Å². The van der Waals surface area contributed by atoms with E-state index in [2.05, 4.69) is 5.32 Å². The molecule has 22 heavy (non-hydrogen) atoms. The van der Waals surface area contributed by atoms with Gasteiger partial charge in [-0.15, -0.1) is 0 Å². The smallest absolute Gasteiger partial charge is 0.338 e. The van der Waals surface area contributed by atoms with Crippen molar-refractivity contribution in [3.63, 3.8) is 0 Å². The van der Waals surface area contributed by atoms with Gasteiger partial charge in [0.15, 0.2) is 6.10 Å². The molecule has 114 valence electrons. The fourth-order valence-electron chi connectivity index (χ4n) is 1.73. The molecule has 0 aliphatic carbocycles. The molecule has 0 saturated heterocycles. The molecule has 2 aromatic rings. The second-order valence-corrected chi connectivity index (χ2v) is 5.43. The first kappa shape index (κ1) is 16.3. The Labute approximate surface area is 138 Å². The number of amides is 1. The normalized spacial score (nSPS) is 11.6. The fourth-order valence-corrected chi connectivity index (χ4v) is 2.25. The molecule has 0 aromatic heterocycles. The summed E-state index contributed by atoms with van der Waals surface area (Å²) in [5.74, 6) is -1.03. The highest BCUT2D eigenvalue weighted by Crippen LogP contribution is 2.22. The number of benzene rings is 2. The minimum atomic E-state index is -0.953. The predicted molar refractivity (Wildman–Crippen MR) is 86.4 cm³/mol. The standard InChI is InChI=1S/C16H13Cl2NO3/c1-10(22-16(21)11-5-3-2-4-6-11)15(20)19-14-8-12(17)7-13(18)9-14/h2-10H,1H3,(H,19,20)/t10-/m1/s1. The van der Waals surface area contributed by atoms with Crippen molar-refractivity contribution >= 4 is 40.8 Å². The maximum absolute atomic E-state index is 12.0. The van der Waals surface area contributed by atoms with Crippen molar-refractivity contribution in [2.24, 2.45) is 0 Å². The maximum Gasteiger partial charge on any atom is 0.338 e. The monoisotopic (exact) mass is 337 g/mol. The Morgan fingerprint density at radius 3 is 2.23 bits per heavy atom. The Morgan fingerprint density at radius 1 is 1.05 bits per heavy atom. The number of rotatable bonds is 4. The van der Waals surface area contributed by atoms with Crippen LogP contribution in [-0.2, 0) is 9.53 Å². The highest BCUT2D eigenvalue weighted by molar-refractivity contribution is 6.35. The molecule has 0 aliphatic rings. The van der Waals surface area contributed by atoms with E-state index in [9.17, 15) is 9.59 Å². The summed E-state index contributed by atoms with van der Waals surface area (Å²) in [6.45, 7) is 1.49. The minimum Gasteiger partial charge on any atom is -0.449 e. The molecule has 0 aliphatic heterocycles. The molecule has 0 unspecified atom stereocenters. The Bertz CT molecular complexity index is 669. The number of nitrogens with one attached hydrogen (secondary N) is 1. The van der Waals surface area contributed by atoms with E-state index < -0.39 is 18.0 Å². The minimum absolute atomic E-state index is 0.382. The van der Waals surface area contributed by atoms with Gasteiger partial charge in [-0.2, -0.15) is 0 Å². The van der Waals surface area contributed by atoms with Gasteiger partial charge in [0.25, 0.3) is 5.91 Å². The van der Waals surface area contributed by atoms with Gasteiger partial charge in [-0.1, -0.05) is 41.4 Å². The maximum atomic E-state index is 12.0. The first-order valence-electron chi connectivity index (χ1n) is 6.48. The van der Waals surface area contributed by atoms with Crippen LogP contribution in [0.5, 0.6) is 0 Å². The summed E-state index contributed by atoms with van der Waals surface area (Å²) in [6, 6.07) is 13.1. The third kappa shape index (κ3) is 4.48. The van der Waals surface area contributed by atoms with Crippen molar-refractivity contribution in [1.29, 1.82) is 0 Å². The van der Waals surface area contributed by atoms with Crippen LogP contribution in [0.1, 0.15) is 17.3 Å². The molecule has 1 N–H and O–H groups in total. The van der Waals surface area contributed by atoms with E-state index in [0.29, 0.717) is 21.3 Å². The third-order valence-corrected chi connectivity index (χ3v) is 3.23. The number of carbonyl (C=O) groups excluding carboxylic acids is 2. The second-order valence-electron chi connectivity index (χ2n) is 4.56. The first-order valence-corrected chi connectivity index (χ1v) is 7.24. The number of anilines is 1. The van der Waals surface area contributed by atoms with E-state index in [1.54, 1.807) is 48.5 Å². The van der Waals surface area contributed by atoms with Crippen LogP contribution in [0.2, 0.25) is 10.0 Å². The number of hydrogen-bond acceptors (Lipinski definition) is 3. The molecule has 2 rings (SSSR count). The second kappa shape index (κ2) is 7.29. The summed E-state index contributed by atoms with van der Waals surface area (Å²) in [6.07, 6.45) is -0.953. The molecule has 2 aromatic carbocycles. The van der Waals surface area contributed by atoms with Gasteiger partial charge < -0.3 is 10.1 Å². The van der Waals surface area contributed by atoms with Crippen LogP contribution in [-0.4, -0.2) is 18.0 Å². The van der Waals surface area contributed by atoms with Gasteiger partial charge in [-0.25, -0.2) is 4.79 Å². The molecule has 6 heteroatoms. The summed E-state index contributed by atoms with van der Waals surface area (Å²) < 4.78 is 5.11. The summed E-state index contributed by atoms with van der Waals surface area (Å²) in [7, 11) is 0. The molecule has 4 nitrogen and oxygen atoms in total. The fraction of sp³-hybridized carbons (Fsp3) is 0.125. The van der Waals surface area contributed by atoms with Gasteiger partial charge >= 0.3 is 5.97 Å². The Balaban J connectivity index is 1.99. The van der Waals surface area contributed by atoms with Crippen LogP contribution in [0.25, 0.3) is 0 Å². The zero-order valence-corrected chi connectivity index (χ0v) is 13.2. The predicted octanol–water partition coefficient (Wildman–Crippen LogP) is 4.18. The molecular formula is C16H13Cl2NO3. The lowest BCUT2D eigenvalue weighted by Gasteiger charge is -2.14. The van der Waals surface area contributed by atoms with Gasteiger partial charge in [0.1, 0.15) is 0 Å². The van der Waals surface area contributed by atoms with Gasteiger partial charge in [-0.05, 0) is 37.3 Å². The zero-order valence-electron chi connectivity index (χ0n) is 11.7. The SMILES string of the molecule is C[C@@H](OC(=O)c1ccccc1)C(=O)Nc1cc(Cl)cc(Cl)c1. The number of ether oxygens (including phenoxy) is 1. The zero-order chi connectivity index (χ0) is 16.1. The van der Waals surface area contributed by atoms with Crippen molar-refractivity contribution < 1.29 is 14.3 Å². The van der Waals surface area contributed by atoms with Crippen LogP contribution in [0.3, 0.4) is 0 Å². The van der Waals surface area contributed by atoms with Crippen molar-refractivity contribution in [1.82, 2.24) is 0 Å². The third-order valence-electron chi connectivity index (χ3n) is 2.79. The number of halogens is 2. The number of esters is 1. The van der Waals surface area contributed by atoms with Crippen molar-refractivity contribution in [3.05, 3.63) is 64.1 Å². The number of hydrogen-bond donors (Lipinski definition) is 1. The average Bonchev–Trinajstić information content (AvgIpc) is 2.46. The van der Waals surface area contributed by atoms with Crippen LogP contribution < -0.4 is 5.32 Å². The molecule has 1 amide bonds. The lowest BCUT2D eigenvalue weighted by Crippen LogP contribution is -2.30. The van der Waals surface area contributed by atoms with Gasteiger partial charge in [0.05, 0.1) is 5.56 Å². The van der Waals surface area contributed by atoms with Crippen LogP contribution in [0.15, 0.2) is 48.5 Å². The van der Waals surface area contributed by atoms with E-state index in [1.807, 2.05) is 0 Å². The van der Waals surface area contributed by atoms with E-state index in [0.717, 1.165) is 0 Å². The van der Waals surface area contributed by atoms with Gasteiger partial charge in [0.2, 0.25) is 0 Å². The lowest BCUT2D eigenvalue weighted by atomic mass is 10.2. The van der Waals surface area contributed by atoms with E-state index in [1.165, 1.54) is 6.92 Å². The molecular weight excluding hydrogens is 325 g/mol. The van der Waals surface area contributed by atoms with E-state index >= 15 is 0 Å². The highest BCUT2D eigenvalue weighted by atomic mass is 35.5. The Kier molecular flexibility index (Phi) is 5.41. The van der Waals surface area contributed by atoms with Crippen LogP contribution in [0.4, 0.5) is 5.69 Å². The average molecular weight is 338 g/mol. The van der Waals surface area contributed by atoms with Gasteiger partial charge in [0, 0.05) is 15.7 Å². The Morgan fingerprint density at radius 2 is 1.64 bits per heavy atom. The lowest BCUT2D eigenvalue weighted by molar-refractivity contribution is -0.123. The van der Waals surface area contributed by atoms with E-state index in [-0.39, 0.29) is 0 Å². The molecule has 0 spiro atoms. The van der Waals surface area contributed by atoms with Gasteiger partial charge in [-0.3, -0.25) is 4.79 Å². The summed E-state index contributed by atoms with van der Waals surface area (Å²) in [4.78, 5) is 23.9. The summed E-state index contributed by atoms with van der Waals surface area (Å²) >= 11 is 11.7. The van der Waals surface area contributed by atoms with Crippen LogP contribution in [0, 0.1) is 0 Å². The van der Waals surface area contributed by atoms with Crippen molar-refractivity contribution in [2.75, 3.05) is 5.32 Å². The number of carbonyl (C=O) groups is 2. The summed E-state index contributed by atoms with van der Waals surface area (Å²) in [5, 5.41) is 3.39. The molecule has 0 heterocycles. The summed E-state index contributed by atoms with van der Waals surface area (Å²) in [5.41, 5.74) is 0.818. The molecule has 0 bridgehead atoms. The Hall–Kier alpha value is -2.04. The first-order chi connectivity index (χ1) is 10.5. The molecule has 0 fully saturated rings. The largest absolute Gasteiger partial charge is 0.449 e. The van der Waals surface area contributed by atoms with Crippen molar-refractivity contribution in [3.8, 4) is 0 Å².